The van der Waals surface area contributed by atoms with Crippen molar-refractivity contribution >= 4 is 19.8 Å². The molecule has 1 atom stereocenters. The topological polar surface area (TPSA) is 85.3 Å². The number of hydrogen-bond donors (Lipinski definition) is 1. The number of morpholine rings is 1. The molecule has 0 bridgehead atoms. The summed E-state index contributed by atoms with van der Waals surface area (Å²) in [4.78, 5) is 23.4. The number of hydrogen-bond acceptors (Lipinski definition) is 6. The number of aldehydes is 1. The number of anilines is 1. The molecule has 1 fully saturated rings. The van der Waals surface area contributed by atoms with Crippen LogP contribution in [0.1, 0.15) is 18.8 Å². The van der Waals surface area contributed by atoms with E-state index in [1.807, 2.05) is 11.8 Å². The molecule has 1 aliphatic rings. The Bertz CT molecular complexity index is 838. The Morgan fingerprint density at radius 1 is 1.11 bits per heavy atom. The van der Waals surface area contributed by atoms with Crippen molar-refractivity contribution in [2.24, 2.45) is 0 Å². The molecule has 142 valence electrons. The van der Waals surface area contributed by atoms with E-state index in [0.29, 0.717) is 32.6 Å². The van der Waals surface area contributed by atoms with E-state index < -0.39 is 7.82 Å². The third-order valence-corrected chi connectivity index (χ3v) is 4.82. The van der Waals surface area contributed by atoms with Crippen LogP contribution in [0, 0.1) is 6.92 Å². The van der Waals surface area contributed by atoms with Gasteiger partial charge >= 0.3 is 66.9 Å². The number of nitrogens with zero attached hydrogens (tertiary/aromatic N) is 1. The Balaban J connectivity index is 0. The number of ether oxygens (including phenoxy) is 1. The summed E-state index contributed by atoms with van der Waals surface area (Å²) >= 11 is 0. The zero-order chi connectivity index (χ0) is 18.6. The fraction of sp³-hybridized carbons (Fsp3) is 0.278. The molecule has 0 saturated carbocycles. The summed E-state index contributed by atoms with van der Waals surface area (Å²) in [6.45, 7) is 4.47. The molecule has 28 heavy (non-hydrogen) atoms. The Morgan fingerprint density at radius 2 is 1.75 bits per heavy atom. The first kappa shape index (κ1) is 25.7. The van der Waals surface area contributed by atoms with Gasteiger partial charge in [-0.25, -0.2) is 4.57 Å². The van der Waals surface area contributed by atoms with E-state index in [1.165, 1.54) is 0 Å². The van der Waals surface area contributed by atoms with Crippen LogP contribution in [0.15, 0.2) is 42.5 Å². The summed E-state index contributed by atoms with van der Waals surface area (Å²) < 4.78 is 27.9. The molecule has 0 spiro atoms. The molecule has 0 aromatic heterocycles. The first-order chi connectivity index (χ1) is 12.5. The van der Waals surface area contributed by atoms with Gasteiger partial charge in [0, 0.05) is 24.8 Å². The summed E-state index contributed by atoms with van der Waals surface area (Å²) in [6, 6.07) is 11.6. The predicted molar refractivity (Wildman–Crippen MR) is 99.3 cm³/mol. The molecule has 10 heteroatoms. The van der Waals surface area contributed by atoms with Crippen LogP contribution < -0.4 is 73.1 Å². The fourth-order valence-electron chi connectivity index (χ4n) is 2.59. The summed E-state index contributed by atoms with van der Waals surface area (Å²) in [6.07, 6.45) is 0.574. The van der Waals surface area contributed by atoms with E-state index in [9.17, 15) is 14.3 Å². The third kappa shape index (κ3) is 7.17. The molecule has 1 saturated heterocycles. The van der Waals surface area contributed by atoms with Crippen molar-refractivity contribution in [2.75, 3.05) is 31.2 Å². The van der Waals surface area contributed by atoms with Crippen molar-refractivity contribution in [3.63, 3.8) is 0 Å². The van der Waals surface area contributed by atoms with Crippen molar-refractivity contribution in [1.29, 1.82) is 0 Å². The van der Waals surface area contributed by atoms with Crippen LogP contribution in [0.3, 0.4) is 0 Å². The van der Waals surface area contributed by atoms with Crippen molar-refractivity contribution in [1.82, 2.24) is 0 Å². The third-order valence-electron chi connectivity index (χ3n) is 3.96. The zero-order valence-corrected chi connectivity index (χ0v) is 21.2. The van der Waals surface area contributed by atoms with Gasteiger partial charge in [0.05, 0.1) is 18.8 Å². The molecule has 0 aliphatic carbocycles. The van der Waals surface area contributed by atoms with Crippen LogP contribution in [0.25, 0.3) is 0 Å². The number of carbonyl (C=O) groups excluding carboxylic acids is 1. The van der Waals surface area contributed by atoms with Gasteiger partial charge in [-0.15, -0.1) is 0 Å². The number of phosphoric ester groups is 1. The van der Waals surface area contributed by atoms with E-state index in [-0.39, 0.29) is 79.0 Å². The quantitative estimate of drug-likeness (QED) is 0.310. The number of aryl methyl sites for hydroxylation is 1. The Hall–Kier alpha value is -0.340. The van der Waals surface area contributed by atoms with Crippen LogP contribution in [0.4, 0.5) is 5.69 Å². The molecule has 2 aromatic carbocycles. The van der Waals surface area contributed by atoms with Gasteiger partial charge in [-0.1, -0.05) is 17.7 Å². The number of benzene rings is 2. The first-order valence-electron chi connectivity index (χ1n) is 8.17. The molecule has 2 aromatic rings. The molecule has 7 nitrogen and oxygen atoms in total. The molecule has 1 heterocycles. The maximum absolute atomic E-state index is 12.4. The SMILES string of the molecule is Cc1ccc(OP(=O)(O)Oc2cc(N3CCOCC3)ccc2C=O)cc1.[H-].[H-].[Na+].[Na+]. The second kappa shape index (κ2) is 11.7. The fourth-order valence-corrected chi connectivity index (χ4v) is 3.43. The molecule has 3 rings (SSSR count). The molecule has 1 N–H and O–H groups in total. The molecule has 0 amide bonds. The number of rotatable bonds is 6. The molecular formula is C18H22NNa2O6P. The van der Waals surface area contributed by atoms with E-state index in [2.05, 4.69) is 0 Å². The van der Waals surface area contributed by atoms with Gasteiger partial charge in [0.1, 0.15) is 11.5 Å². The zero-order valence-electron chi connectivity index (χ0n) is 18.3. The summed E-state index contributed by atoms with van der Waals surface area (Å²) in [5, 5.41) is 0. The summed E-state index contributed by atoms with van der Waals surface area (Å²) in [7, 11) is -4.45. The van der Waals surface area contributed by atoms with Crippen LogP contribution in [0.2, 0.25) is 0 Å². The van der Waals surface area contributed by atoms with Crippen molar-refractivity contribution < 1.29 is 90.0 Å². The maximum atomic E-state index is 12.4. The largest absolute Gasteiger partial charge is 1.00 e. The molecule has 0 radical (unpaired) electrons. The van der Waals surface area contributed by atoms with Crippen LogP contribution in [-0.2, 0) is 9.30 Å². The van der Waals surface area contributed by atoms with Gasteiger partial charge in [0.15, 0.2) is 6.29 Å². The minimum Gasteiger partial charge on any atom is -1.00 e. The average molecular weight is 425 g/mol. The van der Waals surface area contributed by atoms with Gasteiger partial charge < -0.3 is 21.5 Å². The van der Waals surface area contributed by atoms with Crippen LogP contribution in [0.5, 0.6) is 11.5 Å². The summed E-state index contributed by atoms with van der Waals surface area (Å²) in [5.41, 5.74) is 1.94. The normalized spacial score (nSPS) is 15.4. The second-order valence-corrected chi connectivity index (χ2v) is 7.21. The summed E-state index contributed by atoms with van der Waals surface area (Å²) in [5.74, 6) is 0.209. The monoisotopic (exact) mass is 425 g/mol. The average Bonchev–Trinajstić information content (AvgIpc) is 2.64. The molecule has 1 unspecified atom stereocenters. The number of carbonyl (C=O) groups is 1. The smallest absolute Gasteiger partial charge is 1.00 e. The maximum Gasteiger partial charge on any atom is 1.00 e. The van der Waals surface area contributed by atoms with Crippen LogP contribution in [-0.4, -0.2) is 37.5 Å². The van der Waals surface area contributed by atoms with Gasteiger partial charge in [-0.3, -0.25) is 9.69 Å². The minimum absolute atomic E-state index is 0. The Labute approximate surface area is 211 Å². The Kier molecular flexibility index (Phi) is 10.8. The molecule has 1 aliphatic heterocycles. The van der Waals surface area contributed by atoms with E-state index >= 15 is 0 Å². The van der Waals surface area contributed by atoms with Gasteiger partial charge in [0.2, 0.25) is 0 Å². The standard InChI is InChI=1S/C18H20NO6P.2Na.2H/c1-14-2-6-17(7-3-14)24-26(21,22)25-18-12-16(5-4-15(18)13-20)19-8-10-23-11-9-19;;;;/h2-7,12-13H,8-11H2,1H3,(H,21,22);;;;/q;2*+1;2*-1. The van der Waals surface area contributed by atoms with Gasteiger partial charge in [0.25, 0.3) is 0 Å². The van der Waals surface area contributed by atoms with Crippen molar-refractivity contribution in [3.05, 3.63) is 53.6 Å². The minimum atomic E-state index is -4.45. The molecular weight excluding hydrogens is 403 g/mol. The van der Waals surface area contributed by atoms with E-state index in [4.69, 9.17) is 13.8 Å². The predicted octanol–water partition coefficient (Wildman–Crippen LogP) is -2.56. The van der Waals surface area contributed by atoms with E-state index in [1.54, 1.807) is 42.5 Å². The first-order valence-corrected chi connectivity index (χ1v) is 9.67. The number of phosphoric acid groups is 1. The van der Waals surface area contributed by atoms with Gasteiger partial charge in [-0.2, -0.15) is 0 Å². The van der Waals surface area contributed by atoms with Gasteiger partial charge in [-0.05, 0) is 31.2 Å². The Morgan fingerprint density at radius 3 is 2.36 bits per heavy atom. The van der Waals surface area contributed by atoms with Crippen LogP contribution >= 0.6 is 7.82 Å². The van der Waals surface area contributed by atoms with Crippen molar-refractivity contribution in [3.8, 4) is 11.5 Å². The van der Waals surface area contributed by atoms with E-state index in [0.717, 1.165) is 11.3 Å². The van der Waals surface area contributed by atoms with Crippen molar-refractivity contribution in [2.45, 2.75) is 6.92 Å². The second-order valence-electron chi connectivity index (χ2n) is 5.90.